The monoisotopic (exact) mass is 451 g/mol. The third-order valence-corrected chi connectivity index (χ3v) is 6.97. The van der Waals surface area contributed by atoms with E-state index in [4.69, 9.17) is 0 Å². The Bertz CT molecular complexity index is 1550. The van der Waals surface area contributed by atoms with Crippen molar-refractivity contribution in [2.24, 2.45) is 0 Å². The van der Waals surface area contributed by atoms with Gasteiger partial charge in [0, 0.05) is 10.3 Å². The molecule has 0 unspecified atom stereocenters. The third kappa shape index (κ3) is 3.35. The highest BCUT2D eigenvalue weighted by Gasteiger charge is 2.16. The van der Waals surface area contributed by atoms with Crippen LogP contribution in [0, 0.1) is 20.8 Å². The number of rotatable bonds is 4. The zero-order valence-electron chi connectivity index (χ0n) is 16.9. The number of aromatic nitrogens is 6. The number of aryl methyl sites for hydroxylation is 3. The van der Waals surface area contributed by atoms with Crippen molar-refractivity contribution in [2.75, 3.05) is 11.2 Å². The molecular weight excluding hydrogens is 434 g/mol. The van der Waals surface area contributed by atoms with Gasteiger partial charge in [-0.2, -0.15) is 4.52 Å². The topological polar surface area (TPSA) is 107 Å². The minimum atomic E-state index is -0.349. The van der Waals surface area contributed by atoms with Crippen LogP contribution in [0.2, 0.25) is 0 Å². The zero-order chi connectivity index (χ0) is 21.7. The molecule has 11 heteroatoms. The third-order valence-electron chi connectivity index (χ3n) is 4.92. The molecule has 0 bridgehead atoms. The van der Waals surface area contributed by atoms with Gasteiger partial charge in [0.2, 0.25) is 5.91 Å². The minimum Gasteiger partial charge on any atom is -0.272 e. The Morgan fingerprint density at radius 2 is 2.00 bits per heavy atom. The highest BCUT2D eigenvalue weighted by molar-refractivity contribution is 7.99. The number of carbonyl (C=O) groups is 1. The molecule has 4 heterocycles. The van der Waals surface area contributed by atoms with Crippen molar-refractivity contribution in [2.45, 2.75) is 25.9 Å². The van der Waals surface area contributed by atoms with E-state index in [0.717, 1.165) is 26.0 Å². The van der Waals surface area contributed by atoms with Crippen LogP contribution in [0.4, 0.5) is 0 Å². The number of nitrogens with zero attached hydrogens (tertiary/aromatic N) is 6. The van der Waals surface area contributed by atoms with Crippen LogP contribution in [-0.4, -0.2) is 40.9 Å². The first-order chi connectivity index (χ1) is 14.9. The molecule has 5 aromatic rings. The molecule has 0 aliphatic carbocycles. The molecule has 0 saturated carbocycles. The van der Waals surface area contributed by atoms with Gasteiger partial charge >= 0.3 is 0 Å². The molecular formula is C20H17N7O2S2. The van der Waals surface area contributed by atoms with Gasteiger partial charge in [0.1, 0.15) is 17.0 Å². The first-order valence-corrected chi connectivity index (χ1v) is 11.2. The zero-order valence-corrected chi connectivity index (χ0v) is 18.5. The normalized spacial score (nSPS) is 11.6. The number of amides is 1. The van der Waals surface area contributed by atoms with E-state index in [-0.39, 0.29) is 17.2 Å². The molecule has 4 aromatic heterocycles. The van der Waals surface area contributed by atoms with Crippen LogP contribution >= 0.6 is 23.1 Å². The Morgan fingerprint density at radius 3 is 2.84 bits per heavy atom. The second-order valence-electron chi connectivity index (χ2n) is 7.01. The van der Waals surface area contributed by atoms with Crippen molar-refractivity contribution < 1.29 is 4.79 Å². The Kier molecular flexibility index (Phi) is 4.71. The number of para-hydroxylation sites is 1. The Labute approximate surface area is 184 Å². The lowest BCUT2D eigenvalue weighted by molar-refractivity contribution is -0.114. The molecule has 0 atom stereocenters. The summed E-state index contributed by atoms with van der Waals surface area (Å²) in [5.41, 5.74) is 4.68. The molecule has 0 aliphatic heterocycles. The SMILES string of the molecule is Cc1nc2c3ccccc3nc(SCC(=O)Nn3cnc4sc(C)c(C)c4c3=O)n2n1. The maximum atomic E-state index is 12.8. The molecule has 0 radical (unpaired) electrons. The predicted octanol–water partition coefficient (Wildman–Crippen LogP) is 2.84. The molecule has 156 valence electrons. The fourth-order valence-corrected chi connectivity index (χ4v) is 5.06. The van der Waals surface area contributed by atoms with E-state index < -0.39 is 0 Å². The van der Waals surface area contributed by atoms with Crippen LogP contribution in [0.15, 0.2) is 40.5 Å². The van der Waals surface area contributed by atoms with Gasteiger partial charge in [-0.15, -0.1) is 16.4 Å². The number of hydrogen-bond donors (Lipinski definition) is 1. The molecule has 1 N–H and O–H groups in total. The maximum absolute atomic E-state index is 12.8. The van der Waals surface area contributed by atoms with Crippen LogP contribution in [0.3, 0.4) is 0 Å². The van der Waals surface area contributed by atoms with E-state index in [1.807, 2.05) is 45.0 Å². The fourth-order valence-electron chi connectivity index (χ4n) is 3.34. The van der Waals surface area contributed by atoms with Crippen LogP contribution in [0.5, 0.6) is 0 Å². The van der Waals surface area contributed by atoms with E-state index in [9.17, 15) is 9.59 Å². The molecule has 1 amide bonds. The highest BCUT2D eigenvalue weighted by atomic mass is 32.2. The average Bonchev–Trinajstić information content (AvgIpc) is 3.28. The lowest BCUT2D eigenvalue weighted by atomic mass is 10.2. The maximum Gasteiger partial charge on any atom is 0.281 e. The number of fused-ring (bicyclic) bond motifs is 4. The first kappa shape index (κ1) is 19.6. The fraction of sp³-hybridized carbons (Fsp3) is 0.200. The molecule has 31 heavy (non-hydrogen) atoms. The van der Waals surface area contributed by atoms with Crippen molar-refractivity contribution in [1.82, 2.24) is 29.2 Å². The van der Waals surface area contributed by atoms with Gasteiger partial charge in [-0.1, -0.05) is 23.9 Å². The summed E-state index contributed by atoms with van der Waals surface area (Å²) in [6.07, 6.45) is 1.34. The van der Waals surface area contributed by atoms with Crippen LogP contribution < -0.4 is 11.0 Å². The van der Waals surface area contributed by atoms with Crippen molar-refractivity contribution in [3.63, 3.8) is 0 Å². The van der Waals surface area contributed by atoms with E-state index >= 15 is 0 Å². The lowest BCUT2D eigenvalue weighted by Crippen LogP contribution is -2.34. The van der Waals surface area contributed by atoms with E-state index in [1.165, 1.54) is 29.4 Å². The number of carbonyl (C=O) groups excluding carboxylic acids is 1. The summed E-state index contributed by atoms with van der Waals surface area (Å²) in [7, 11) is 0. The summed E-state index contributed by atoms with van der Waals surface area (Å²) in [6, 6.07) is 7.67. The number of thioether (sulfide) groups is 1. The molecule has 5 rings (SSSR count). The second kappa shape index (κ2) is 7.43. The summed E-state index contributed by atoms with van der Waals surface area (Å²) in [4.78, 5) is 40.5. The van der Waals surface area contributed by atoms with Crippen molar-refractivity contribution >= 4 is 55.8 Å². The van der Waals surface area contributed by atoms with Gasteiger partial charge in [-0.05, 0) is 38.5 Å². The minimum absolute atomic E-state index is 0.0471. The summed E-state index contributed by atoms with van der Waals surface area (Å²) in [6.45, 7) is 5.65. The van der Waals surface area contributed by atoms with Gasteiger partial charge in [-0.25, -0.2) is 19.6 Å². The van der Waals surface area contributed by atoms with E-state index in [0.29, 0.717) is 26.8 Å². The predicted molar refractivity (Wildman–Crippen MR) is 121 cm³/mol. The highest BCUT2D eigenvalue weighted by Crippen LogP contribution is 2.26. The number of thiophene rings is 1. The molecule has 0 fully saturated rings. The molecule has 1 aromatic carbocycles. The van der Waals surface area contributed by atoms with Gasteiger partial charge in [0.25, 0.3) is 5.56 Å². The van der Waals surface area contributed by atoms with Gasteiger partial charge in [0.15, 0.2) is 10.8 Å². The Balaban J connectivity index is 1.41. The van der Waals surface area contributed by atoms with Gasteiger partial charge < -0.3 is 0 Å². The lowest BCUT2D eigenvalue weighted by Gasteiger charge is -2.08. The first-order valence-electron chi connectivity index (χ1n) is 9.44. The van der Waals surface area contributed by atoms with Crippen molar-refractivity contribution in [3.05, 3.63) is 57.2 Å². The second-order valence-corrected chi connectivity index (χ2v) is 9.16. The quantitative estimate of drug-likeness (QED) is 0.331. The van der Waals surface area contributed by atoms with Crippen LogP contribution in [0.1, 0.15) is 16.3 Å². The number of nitrogens with one attached hydrogen (secondary N) is 1. The van der Waals surface area contributed by atoms with Gasteiger partial charge in [-0.3, -0.25) is 15.0 Å². The van der Waals surface area contributed by atoms with Crippen LogP contribution in [-0.2, 0) is 4.79 Å². The standard InChI is InChI=1S/C20H17N7O2S2/c1-10-11(2)31-18-16(10)19(29)26(9-21-18)25-15(28)8-30-20-23-14-7-5-4-6-13(14)17-22-12(3)24-27(17)20/h4-7,9H,8H2,1-3H3,(H,25,28). The van der Waals surface area contributed by atoms with Crippen molar-refractivity contribution in [3.8, 4) is 0 Å². The Hall–Kier alpha value is -3.31. The molecule has 0 spiro atoms. The van der Waals surface area contributed by atoms with Gasteiger partial charge in [0.05, 0.1) is 16.7 Å². The van der Waals surface area contributed by atoms with E-state index in [2.05, 4.69) is 25.5 Å². The summed E-state index contributed by atoms with van der Waals surface area (Å²) in [5.74, 6) is 0.320. The van der Waals surface area contributed by atoms with Crippen LogP contribution in [0.25, 0.3) is 26.8 Å². The summed E-state index contributed by atoms with van der Waals surface area (Å²) < 4.78 is 2.78. The van der Waals surface area contributed by atoms with E-state index in [1.54, 1.807) is 4.52 Å². The number of hydrogen-bond acceptors (Lipinski definition) is 8. The van der Waals surface area contributed by atoms with Crippen molar-refractivity contribution in [1.29, 1.82) is 0 Å². The smallest absolute Gasteiger partial charge is 0.272 e. The number of benzene rings is 1. The molecule has 9 nitrogen and oxygen atoms in total. The summed E-state index contributed by atoms with van der Waals surface area (Å²) >= 11 is 2.69. The largest absolute Gasteiger partial charge is 0.281 e. The average molecular weight is 452 g/mol. The Morgan fingerprint density at radius 1 is 1.19 bits per heavy atom. The summed E-state index contributed by atoms with van der Waals surface area (Å²) in [5, 5.41) is 6.39. The molecule has 0 saturated heterocycles. The molecule has 0 aliphatic rings.